The van der Waals surface area contributed by atoms with E-state index < -0.39 is 0 Å². The number of hydrogen-bond acceptors (Lipinski definition) is 2. The maximum Gasteiger partial charge on any atom is 0.128 e. The molecule has 0 aromatic heterocycles. The van der Waals surface area contributed by atoms with Gasteiger partial charge in [-0.25, -0.2) is 0 Å². The fourth-order valence-corrected chi connectivity index (χ4v) is 0.120. The SMILES string of the molecule is O=NC=C(Cl)Cl. The molecule has 0 radical (unpaired) electrons. The van der Waals surface area contributed by atoms with Gasteiger partial charge in [0.05, 0.1) is 0 Å². The zero-order valence-electron chi connectivity index (χ0n) is 2.69. The molecule has 0 aliphatic carbocycles. The van der Waals surface area contributed by atoms with Crippen molar-refractivity contribution in [3.05, 3.63) is 15.6 Å². The van der Waals surface area contributed by atoms with Crippen LogP contribution in [0.25, 0.3) is 0 Å². The molecule has 0 spiro atoms. The van der Waals surface area contributed by atoms with Crippen LogP contribution in [-0.4, -0.2) is 0 Å². The normalized spacial score (nSPS) is 7.00. The van der Waals surface area contributed by atoms with Gasteiger partial charge in [0.2, 0.25) is 0 Å². The Morgan fingerprint density at radius 3 is 2.17 bits per heavy atom. The van der Waals surface area contributed by atoms with Crippen LogP contribution in [0.2, 0.25) is 0 Å². The smallest absolute Gasteiger partial charge is 0.128 e. The molecule has 0 unspecified atom stereocenters. The van der Waals surface area contributed by atoms with E-state index in [1.54, 1.807) is 0 Å². The second-order valence-corrected chi connectivity index (χ2v) is 1.53. The third-order valence-electron chi connectivity index (χ3n) is 0.150. The molecular formula is C2HCl2NO. The lowest BCUT2D eigenvalue weighted by atomic mass is 11.1. The van der Waals surface area contributed by atoms with Gasteiger partial charge in [0.15, 0.2) is 0 Å². The fraction of sp³-hybridized carbons (Fsp3) is 0. The molecule has 0 saturated carbocycles. The fourth-order valence-electron chi connectivity index (χ4n) is 0.0398. The molecule has 0 bridgehead atoms. The summed E-state index contributed by atoms with van der Waals surface area (Å²) in [7, 11) is 0. The van der Waals surface area contributed by atoms with Gasteiger partial charge in [0.1, 0.15) is 10.7 Å². The van der Waals surface area contributed by atoms with Gasteiger partial charge in [-0.3, -0.25) is 0 Å². The Labute approximate surface area is 44.7 Å². The summed E-state index contributed by atoms with van der Waals surface area (Å²) in [6.07, 6.45) is 0.809. The van der Waals surface area contributed by atoms with Crippen LogP contribution in [0.1, 0.15) is 0 Å². The molecule has 0 aromatic rings. The molecule has 4 heteroatoms. The second-order valence-electron chi connectivity index (χ2n) is 0.524. The van der Waals surface area contributed by atoms with Crippen LogP contribution in [0, 0.1) is 4.91 Å². The van der Waals surface area contributed by atoms with Gasteiger partial charge >= 0.3 is 0 Å². The maximum absolute atomic E-state index is 9.12. The van der Waals surface area contributed by atoms with Crippen LogP contribution in [0.3, 0.4) is 0 Å². The Morgan fingerprint density at radius 1 is 1.67 bits per heavy atom. The Morgan fingerprint density at radius 2 is 2.17 bits per heavy atom. The molecule has 0 aromatic carbocycles. The highest BCUT2D eigenvalue weighted by Gasteiger charge is 1.74. The first kappa shape index (κ1) is 5.92. The van der Waals surface area contributed by atoms with Crippen molar-refractivity contribution in [1.29, 1.82) is 0 Å². The summed E-state index contributed by atoms with van der Waals surface area (Å²) < 4.78 is -0.120. The lowest BCUT2D eigenvalue weighted by Gasteiger charge is -1.65. The lowest BCUT2D eigenvalue weighted by Crippen LogP contribution is -1.42. The van der Waals surface area contributed by atoms with Crippen molar-refractivity contribution < 1.29 is 0 Å². The first-order chi connectivity index (χ1) is 2.77. The number of nitrogens with zero attached hydrogens (tertiary/aromatic N) is 1. The third-order valence-corrected chi connectivity index (χ3v) is 0.345. The molecule has 0 fully saturated rings. The van der Waals surface area contributed by atoms with Crippen molar-refractivity contribution in [1.82, 2.24) is 0 Å². The van der Waals surface area contributed by atoms with Crippen LogP contribution in [-0.2, 0) is 0 Å². The Kier molecular flexibility index (Phi) is 3.08. The zero-order chi connectivity index (χ0) is 4.99. The zero-order valence-corrected chi connectivity index (χ0v) is 4.20. The highest BCUT2D eigenvalue weighted by molar-refractivity contribution is 6.55. The molecule has 0 rings (SSSR count). The van der Waals surface area contributed by atoms with Gasteiger partial charge in [0.25, 0.3) is 0 Å². The van der Waals surface area contributed by atoms with Crippen LogP contribution in [0.15, 0.2) is 15.9 Å². The molecule has 0 amide bonds. The van der Waals surface area contributed by atoms with Crippen LogP contribution in [0.5, 0.6) is 0 Å². The second kappa shape index (κ2) is 3.12. The summed E-state index contributed by atoms with van der Waals surface area (Å²) in [6.45, 7) is 0. The van der Waals surface area contributed by atoms with E-state index in [0.717, 1.165) is 6.20 Å². The highest BCUT2D eigenvalue weighted by atomic mass is 35.5. The molecule has 0 N–H and O–H groups in total. The Bertz CT molecular complexity index is 75.6. The summed E-state index contributed by atoms with van der Waals surface area (Å²) >= 11 is 9.82. The Balaban J connectivity index is 3.41. The van der Waals surface area contributed by atoms with Crippen LogP contribution < -0.4 is 0 Å². The molecule has 0 atom stereocenters. The van der Waals surface area contributed by atoms with Crippen molar-refractivity contribution in [3.8, 4) is 0 Å². The summed E-state index contributed by atoms with van der Waals surface area (Å²) in [5, 5.41) is 2.26. The van der Waals surface area contributed by atoms with Gasteiger partial charge < -0.3 is 0 Å². The minimum Gasteiger partial charge on any atom is -0.145 e. The number of hydrogen-bond donors (Lipinski definition) is 0. The van der Waals surface area contributed by atoms with Crippen LogP contribution in [0.4, 0.5) is 0 Å². The molecule has 2 nitrogen and oxygen atoms in total. The average molecular weight is 126 g/mol. The van der Waals surface area contributed by atoms with E-state index in [9.17, 15) is 0 Å². The number of nitroso groups, excluding NO2 is 1. The van der Waals surface area contributed by atoms with Gasteiger partial charge in [-0.05, 0) is 5.18 Å². The Hall–Kier alpha value is -0.0800. The average Bonchev–Trinajstić information content (AvgIpc) is 1.35. The van der Waals surface area contributed by atoms with E-state index >= 15 is 0 Å². The van der Waals surface area contributed by atoms with E-state index in [1.807, 2.05) is 0 Å². The monoisotopic (exact) mass is 125 g/mol. The maximum atomic E-state index is 9.12. The third kappa shape index (κ3) is 3.92. The predicted octanol–water partition coefficient (Wildman–Crippen LogP) is 2.03. The number of halogens is 2. The van der Waals surface area contributed by atoms with Gasteiger partial charge in [-0.15, -0.1) is 4.91 Å². The van der Waals surface area contributed by atoms with Crippen LogP contribution >= 0.6 is 23.2 Å². The minimum atomic E-state index is -0.120. The lowest BCUT2D eigenvalue weighted by molar-refractivity contribution is 1.54. The summed E-state index contributed by atoms with van der Waals surface area (Å²) in [4.78, 5) is 9.12. The molecule has 34 valence electrons. The standard InChI is InChI=1S/C2HCl2NO/c3-2(4)1-5-6/h1H. The topological polar surface area (TPSA) is 29.4 Å². The summed E-state index contributed by atoms with van der Waals surface area (Å²) in [5.74, 6) is 0. The van der Waals surface area contributed by atoms with Crippen molar-refractivity contribution in [2.45, 2.75) is 0 Å². The molecule has 0 aliphatic heterocycles. The van der Waals surface area contributed by atoms with E-state index in [0.29, 0.717) is 0 Å². The molecular weight excluding hydrogens is 125 g/mol. The minimum absolute atomic E-state index is 0.120. The first-order valence-corrected chi connectivity index (χ1v) is 1.86. The number of rotatable bonds is 1. The van der Waals surface area contributed by atoms with Crippen molar-refractivity contribution >= 4 is 23.2 Å². The van der Waals surface area contributed by atoms with Gasteiger partial charge in [-0.2, -0.15) is 0 Å². The summed E-state index contributed by atoms with van der Waals surface area (Å²) in [5.41, 5.74) is 0. The van der Waals surface area contributed by atoms with E-state index in [-0.39, 0.29) is 4.49 Å². The quantitative estimate of drug-likeness (QED) is 0.494. The first-order valence-electron chi connectivity index (χ1n) is 1.11. The van der Waals surface area contributed by atoms with Crippen molar-refractivity contribution in [2.75, 3.05) is 0 Å². The van der Waals surface area contributed by atoms with E-state index in [2.05, 4.69) is 5.18 Å². The highest BCUT2D eigenvalue weighted by Crippen LogP contribution is 2.04. The molecule has 0 saturated heterocycles. The molecule has 0 aliphatic rings. The summed E-state index contributed by atoms with van der Waals surface area (Å²) in [6, 6.07) is 0. The predicted molar refractivity (Wildman–Crippen MR) is 25.6 cm³/mol. The van der Waals surface area contributed by atoms with E-state index in [1.165, 1.54) is 0 Å². The van der Waals surface area contributed by atoms with Gasteiger partial charge in [-0.1, -0.05) is 23.2 Å². The largest absolute Gasteiger partial charge is 0.145 e. The molecule has 6 heavy (non-hydrogen) atoms. The van der Waals surface area contributed by atoms with Gasteiger partial charge in [0, 0.05) is 0 Å². The van der Waals surface area contributed by atoms with Crippen molar-refractivity contribution in [2.24, 2.45) is 5.18 Å². The molecule has 0 heterocycles. The van der Waals surface area contributed by atoms with Crippen molar-refractivity contribution in [3.63, 3.8) is 0 Å². The van der Waals surface area contributed by atoms with E-state index in [4.69, 9.17) is 28.1 Å².